The molecule has 0 aliphatic carbocycles. The van der Waals surface area contributed by atoms with E-state index < -0.39 is 0 Å². The zero-order chi connectivity index (χ0) is 6.53. The van der Waals surface area contributed by atoms with Crippen LogP contribution in [0.3, 0.4) is 0 Å². The van der Waals surface area contributed by atoms with Crippen molar-refractivity contribution in [3.05, 3.63) is 6.33 Å². The fraction of sp³-hybridized carbons (Fsp3) is 0.250. The van der Waals surface area contributed by atoms with Gasteiger partial charge in [0.1, 0.15) is 6.33 Å². The molecule has 0 aliphatic rings. The third-order valence-electron chi connectivity index (χ3n) is 0.653. The molecule has 1 aromatic heterocycles. The van der Waals surface area contributed by atoms with Crippen molar-refractivity contribution in [1.29, 1.82) is 0 Å². The molecule has 1 N–H and O–H groups in total. The third kappa shape index (κ3) is 1.85. The molecule has 0 fully saturated rings. The minimum absolute atomic E-state index is 0.290. The molecule has 1 rings (SSSR count). The molecule has 5 heteroatoms. The Morgan fingerprint density at radius 2 is 2.78 bits per heavy atom. The van der Waals surface area contributed by atoms with Crippen LogP contribution in [0, 0.1) is 0 Å². The Labute approximate surface area is 56.1 Å². The van der Waals surface area contributed by atoms with Gasteiger partial charge in [0, 0.05) is 0 Å². The maximum atomic E-state index is 9.69. The van der Waals surface area contributed by atoms with Crippen molar-refractivity contribution in [2.75, 3.05) is 5.75 Å². The van der Waals surface area contributed by atoms with E-state index in [1.54, 1.807) is 6.29 Å². The molecule has 1 radical (unpaired) electrons. The predicted molar refractivity (Wildman–Crippen MR) is 32.8 cm³/mol. The fourth-order valence-corrected chi connectivity index (χ4v) is 0.793. The number of rotatable bonds is 3. The first-order chi connectivity index (χ1) is 4.43. The Morgan fingerprint density at radius 1 is 1.89 bits per heavy atom. The number of hydrogen-bond acceptors (Lipinski definition) is 4. The summed E-state index contributed by atoms with van der Waals surface area (Å²) >= 11 is 1.25. The summed E-state index contributed by atoms with van der Waals surface area (Å²) in [6.45, 7) is 0. The maximum absolute atomic E-state index is 9.69. The summed E-state index contributed by atoms with van der Waals surface area (Å²) in [5.74, 6) is 0.290. The smallest absolute Gasteiger partial charge is 0.209 e. The summed E-state index contributed by atoms with van der Waals surface area (Å²) in [6.07, 6.45) is 3.19. The molecule has 47 valence electrons. The Morgan fingerprint density at radius 3 is 3.33 bits per heavy atom. The van der Waals surface area contributed by atoms with Crippen molar-refractivity contribution in [3.63, 3.8) is 0 Å². The molecule has 1 heterocycles. The number of hydrogen-bond donors (Lipinski definition) is 1. The number of thioether (sulfide) groups is 1. The molecule has 0 saturated heterocycles. The van der Waals surface area contributed by atoms with Crippen LogP contribution in [0.2, 0.25) is 0 Å². The van der Waals surface area contributed by atoms with Crippen LogP contribution >= 0.6 is 11.8 Å². The number of nitrogens with one attached hydrogen (secondary N) is 1. The van der Waals surface area contributed by atoms with Gasteiger partial charge < -0.3 is 0 Å². The highest BCUT2D eigenvalue weighted by molar-refractivity contribution is 7.99. The molecule has 0 spiro atoms. The summed E-state index contributed by atoms with van der Waals surface area (Å²) in [7, 11) is 0. The Bertz CT molecular complexity index is 174. The summed E-state index contributed by atoms with van der Waals surface area (Å²) in [5, 5.41) is 6.81. The van der Waals surface area contributed by atoms with Gasteiger partial charge in [-0.05, 0) is 0 Å². The Hall–Kier alpha value is -0.840. The van der Waals surface area contributed by atoms with Crippen molar-refractivity contribution in [2.24, 2.45) is 0 Å². The first-order valence-corrected chi connectivity index (χ1v) is 3.25. The molecular formula is C4H4N3OS. The van der Waals surface area contributed by atoms with Crippen molar-refractivity contribution in [1.82, 2.24) is 15.2 Å². The SMILES string of the molecule is O=[C]CSc1nc[nH]n1. The van der Waals surface area contributed by atoms with E-state index in [1.807, 2.05) is 0 Å². The first-order valence-electron chi connectivity index (χ1n) is 2.27. The lowest BCUT2D eigenvalue weighted by molar-refractivity contribution is 0.560. The molecule has 9 heavy (non-hydrogen) atoms. The molecule has 0 bridgehead atoms. The summed E-state index contributed by atoms with van der Waals surface area (Å²) in [6, 6.07) is 0. The molecule has 0 aliphatic heterocycles. The quantitative estimate of drug-likeness (QED) is 0.604. The normalized spacial score (nSPS) is 9.33. The largest absolute Gasteiger partial charge is 0.290 e. The van der Waals surface area contributed by atoms with Gasteiger partial charge in [0.2, 0.25) is 11.4 Å². The lowest BCUT2D eigenvalue weighted by Gasteiger charge is -1.81. The van der Waals surface area contributed by atoms with Gasteiger partial charge >= 0.3 is 0 Å². The van der Waals surface area contributed by atoms with E-state index in [1.165, 1.54) is 18.1 Å². The van der Waals surface area contributed by atoms with Crippen LogP contribution in [0.25, 0.3) is 0 Å². The van der Waals surface area contributed by atoms with Gasteiger partial charge in [0.25, 0.3) is 0 Å². The van der Waals surface area contributed by atoms with E-state index in [-0.39, 0.29) is 5.75 Å². The van der Waals surface area contributed by atoms with Gasteiger partial charge in [0.15, 0.2) is 0 Å². The molecule has 0 amide bonds. The second kappa shape index (κ2) is 3.24. The lowest BCUT2D eigenvalue weighted by Crippen LogP contribution is -1.80. The van der Waals surface area contributed by atoms with Gasteiger partial charge in [-0.1, -0.05) is 11.8 Å². The average Bonchev–Trinajstić information content (AvgIpc) is 2.34. The standard InChI is InChI=1S/C4H4N3OS/c8-1-2-9-4-5-3-6-7-4/h3H,2H2,(H,5,6,7). The van der Waals surface area contributed by atoms with Gasteiger partial charge in [-0.2, -0.15) is 0 Å². The van der Waals surface area contributed by atoms with E-state index in [0.717, 1.165) is 0 Å². The summed E-state index contributed by atoms with van der Waals surface area (Å²) < 4.78 is 0. The summed E-state index contributed by atoms with van der Waals surface area (Å²) in [4.78, 5) is 13.5. The molecule has 0 unspecified atom stereocenters. The molecule has 0 saturated carbocycles. The Balaban J connectivity index is 2.38. The van der Waals surface area contributed by atoms with Crippen LogP contribution in [0.4, 0.5) is 0 Å². The van der Waals surface area contributed by atoms with Crippen LogP contribution in [-0.2, 0) is 4.79 Å². The molecule has 0 aromatic carbocycles. The molecule has 0 atom stereocenters. The molecule has 4 nitrogen and oxygen atoms in total. The molecular weight excluding hydrogens is 138 g/mol. The zero-order valence-corrected chi connectivity index (χ0v) is 5.31. The minimum atomic E-state index is 0.290. The van der Waals surface area contributed by atoms with Crippen LogP contribution in [0.15, 0.2) is 11.5 Å². The van der Waals surface area contributed by atoms with Gasteiger partial charge in [-0.3, -0.25) is 9.89 Å². The van der Waals surface area contributed by atoms with E-state index in [4.69, 9.17) is 0 Å². The highest BCUT2D eigenvalue weighted by Gasteiger charge is 1.93. The number of aromatic amines is 1. The van der Waals surface area contributed by atoms with Crippen LogP contribution in [0.1, 0.15) is 0 Å². The zero-order valence-electron chi connectivity index (χ0n) is 4.50. The van der Waals surface area contributed by atoms with E-state index in [0.29, 0.717) is 5.16 Å². The number of H-pyrrole nitrogens is 1. The fourth-order valence-electron chi connectivity index (χ4n) is 0.361. The van der Waals surface area contributed by atoms with Crippen LogP contribution in [0.5, 0.6) is 0 Å². The topological polar surface area (TPSA) is 58.6 Å². The van der Waals surface area contributed by atoms with Crippen molar-refractivity contribution in [3.8, 4) is 0 Å². The van der Waals surface area contributed by atoms with Crippen LogP contribution in [-0.4, -0.2) is 27.2 Å². The average molecular weight is 142 g/mol. The van der Waals surface area contributed by atoms with Crippen LogP contribution < -0.4 is 0 Å². The lowest BCUT2D eigenvalue weighted by atomic mass is 10.9. The third-order valence-corrected chi connectivity index (χ3v) is 1.37. The van der Waals surface area contributed by atoms with Crippen molar-refractivity contribution >= 4 is 18.0 Å². The van der Waals surface area contributed by atoms with E-state index >= 15 is 0 Å². The predicted octanol–water partition coefficient (Wildman–Crippen LogP) is 0.00650. The number of nitrogens with zero attached hydrogens (tertiary/aromatic N) is 2. The van der Waals surface area contributed by atoms with Gasteiger partial charge in [-0.15, -0.1) is 5.10 Å². The number of aromatic nitrogens is 3. The molecule has 1 aromatic rings. The maximum Gasteiger partial charge on any atom is 0.209 e. The van der Waals surface area contributed by atoms with Gasteiger partial charge in [0.05, 0.1) is 5.75 Å². The first kappa shape index (κ1) is 6.28. The second-order valence-corrected chi connectivity index (χ2v) is 2.16. The van der Waals surface area contributed by atoms with Crippen molar-refractivity contribution < 1.29 is 4.79 Å². The van der Waals surface area contributed by atoms with E-state index in [9.17, 15) is 4.79 Å². The van der Waals surface area contributed by atoms with E-state index in [2.05, 4.69) is 15.2 Å². The van der Waals surface area contributed by atoms with Gasteiger partial charge in [-0.25, -0.2) is 4.98 Å². The Kier molecular flexibility index (Phi) is 2.26. The minimum Gasteiger partial charge on any atom is -0.290 e. The monoisotopic (exact) mass is 142 g/mol. The highest BCUT2D eigenvalue weighted by atomic mass is 32.2. The van der Waals surface area contributed by atoms with Crippen molar-refractivity contribution in [2.45, 2.75) is 5.16 Å². The second-order valence-electron chi connectivity index (χ2n) is 1.21. The summed E-state index contributed by atoms with van der Waals surface area (Å²) in [5.41, 5.74) is 0. The number of carbonyl (C=O) groups excluding carboxylic acids is 1. The highest BCUT2D eigenvalue weighted by Crippen LogP contribution is 2.07.